The number of amides is 1. The maximum atomic E-state index is 10.9. The third kappa shape index (κ3) is 8.55. The van der Waals surface area contributed by atoms with Gasteiger partial charge in [-0.05, 0) is 0 Å². The first-order valence-corrected chi connectivity index (χ1v) is 5.39. The molecular formula is C10H16N2O7. The molecule has 1 heterocycles. The van der Waals surface area contributed by atoms with Gasteiger partial charge in [-0.25, -0.2) is 9.59 Å². The van der Waals surface area contributed by atoms with E-state index in [1.165, 1.54) is 7.11 Å². The molecule has 0 radical (unpaired) electrons. The molecule has 3 N–H and O–H groups in total. The van der Waals surface area contributed by atoms with Crippen LogP contribution in [-0.4, -0.2) is 72.2 Å². The van der Waals surface area contributed by atoms with Crippen LogP contribution in [0.15, 0.2) is 0 Å². The lowest BCUT2D eigenvalue weighted by Gasteiger charge is -2.25. The summed E-state index contributed by atoms with van der Waals surface area (Å²) in [5.74, 6) is -3.85. The number of methoxy groups -OCH3 is 1. The van der Waals surface area contributed by atoms with E-state index >= 15 is 0 Å². The predicted molar refractivity (Wildman–Crippen MR) is 61.4 cm³/mol. The van der Waals surface area contributed by atoms with E-state index in [9.17, 15) is 9.59 Å². The SMILES string of the molecule is COC(=O)CCN1CCNC(=O)C1.O=C(O)C(=O)O. The number of aliphatic carboxylic acids is 2. The van der Waals surface area contributed by atoms with Crippen molar-refractivity contribution >= 4 is 23.8 Å². The smallest absolute Gasteiger partial charge is 0.414 e. The van der Waals surface area contributed by atoms with Gasteiger partial charge in [0.2, 0.25) is 5.91 Å². The number of ether oxygens (including phenoxy) is 1. The summed E-state index contributed by atoms with van der Waals surface area (Å²) in [5.41, 5.74) is 0. The number of nitrogens with zero attached hydrogens (tertiary/aromatic N) is 1. The molecule has 1 saturated heterocycles. The number of esters is 1. The largest absolute Gasteiger partial charge is 0.473 e. The molecule has 0 unspecified atom stereocenters. The van der Waals surface area contributed by atoms with Crippen molar-refractivity contribution in [2.24, 2.45) is 0 Å². The van der Waals surface area contributed by atoms with Gasteiger partial charge in [0, 0.05) is 19.6 Å². The average molecular weight is 276 g/mol. The lowest BCUT2D eigenvalue weighted by molar-refractivity contribution is -0.159. The second-order valence-electron chi connectivity index (χ2n) is 3.56. The molecule has 1 aliphatic heterocycles. The highest BCUT2D eigenvalue weighted by Gasteiger charge is 2.16. The third-order valence-corrected chi connectivity index (χ3v) is 2.16. The molecule has 0 bridgehead atoms. The number of hydrogen-bond donors (Lipinski definition) is 3. The molecule has 0 aromatic rings. The van der Waals surface area contributed by atoms with E-state index in [0.717, 1.165) is 6.54 Å². The van der Waals surface area contributed by atoms with Crippen molar-refractivity contribution in [3.63, 3.8) is 0 Å². The molecule has 0 atom stereocenters. The fourth-order valence-electron chi connectivity index (χ4n) is 1.23. The molecule has 9 nitrogen and oxygen atoms in total. The first-order chi connectivity index (χ1) is 8.86. The maximum Gasteiger partial charge on any atom is 0.414 e. The van der Waals surface area contributed by atoms with Gasteiger partial charge in [-0.2, -0.15) is 0 Å². The minimum atomic E-state index is -1.82. The number of carbonyl (C=O) groups is 4. The summed E-state index contributed by atoms with van der Waals surface area (Å²) in [6.45, 7) is 2.46. The van der Waals surface area contributed by atoms with Gasteiger partial charge in [0.15, 0.2) is 0 Å². The van der Waals surface area contributed by atoms with Gasteiger partial charge in [-0.3, -0.25) is 14.5 Å². The monoisotopic (exact) mass is 276 g/mol. The van der Waals surface area contributed by atoms with E-state index in [1.54, 1.807) is 0 Å². The van der Waals surface area contributed by atoms with Crippen LogP contribution in [0, 0.1) is 0 Å². The van der Waals surface area contributed by atoms with Crippen molar-refractivity contribution < 1.29 is 34.1 Å². The predicted octanol–water partition coefficient (Wildman–Crippen LogP) is -1.86. The Morgan fingerprint density at radius 3 is 2.32 bits per heavy atom. The summed E-state index contributed by atoms with van der Waals surface area (Å²) in [6, 6.07) is 0. The number of rotatable bonds is 3. The number of piperazine rings is 1. The minimum Gasteiger partial charge on any atom is -0.473 e. The molecule has 0 saturated carbocycles. The van der Waals surface area contributed by atoms with Crippen molar-refractivity contribution in [3.05, 3.63) is 0 Å². The van der Waals surface area contributed by atoms with Crippen LogP contribution in [0.25, 0.3) is 0 Å². The van der Waals surface area contributed by atoms with E-state index in [0.29, 0.717) is 26.1 Å². The number of carboxylic acid groups (broad SMARTS) is 2. The fraction of sp³-hybridized carbons (Fsp3) is 0.600. The number of carboxylic acids is 2. The summed E-state index contributed by atoms with van der Waals surface area (Å²) in [6.07, 6.45) is 0.351. The molecule has 0 spiro atoms. The molecule has 19 heavy (non-hydrogen) atoms. The minimum absolute atomic E-state index is 0.0242. The second-order valence-corrected chi connectivity index (χ2v) is 3.56. The number of nitrogens with one attached hydrogen (secondary N) is 1. The lowest BCUT2D eigenvalue weighted by Crippen LogP contribution is -2.48. The molecule has 1 aliphatic rings. The van der Waals surface area contributed by atoms with E-state index < -0.39 is 11.9 Å². The second kappa shape index (κ2) is 8.86. The fourth-order valence-corrected chi connectivity index (χ4v) is 1.23. The Morgan fingerprint density at radius 1 is 1.32 bits per heavy atom. The number of carbonyl (C=O) groups excluding carboxylic acids is 2. The van der Waals surface area contributed by atoms with Gasteiger partial charge in [0.1, 0.15) is 0 Å². The Hall–Kier alpha value is -2.16. The van der Waals surface area contributed by atoms with E-state index in [4.69, 9.17) is 19.8 Å². The van der Waals surface area contributed by atoms with Crippen molar-refractivity contribution in [1.82, 2.24) is 10.2 Å². The van der Waals surface area contributed by atoms with Crippen molar-refractivity contribution in [2.75, 3.05) is 33.3 Å². The molecule has 0 aromatic carbocycles. The quantitative estimate of drug-likeness (QED) is 0.403. The topological polar surface area (TPSA) is 133 Å². The summed E-state index contributed by atoms with van der Waals surface area (Å²) >= 11 is 0. The molecule has 1 amide bonds. The Labute approximate surface area is 109 Å². The van der Waals surface area contributed by atoms with Crippen molar-refractivity contribution in [1.29, 1.82) is 0 Å². The van der Waals surface area contributed by atoms with Gasteiger partial charge < -0.3 is 20.3 Å². The highest BCUT2D eigenvalue weighted by molar-refractivity contribution is 6.27. The zero-order chi connectivity index (χ0) is 14.8. The first kappa shape index (κ1) is 16.8. The molecule has 108 valence electrons. The summed E-state index contributed by atoms with van der Waals surface area (Å²) in [7, 11) is 1.37. The van der Waals surface area contributed by atoms with Gasteiger partial charge in [-0.15, -0.1) is 0 Å². The summed E-state index contributed by atoms with van der Waals surface area (Å²) < 4.78 is 4.50. The Bertz CT molecular complexity index is 344. The Kier molecular flexibility index (Phi) is 7.85. The molecular weight excluding hydrogens is 260 g/mol. The maximum absolute atomic E-state index is 10.9. The van der Waals surface area contributed by atoms with Gasteiger partial charge in [-0.1, -0.05) is 0 Å². The van der Waals surface area contributed by atoms with Gasteiger partial charge in [0.05, 0.1) is 20.1 Å². The van der Waals surface area contributed by atoms with Gasteiger partial charge in [0.25, 0.3) is 0 Å². The zero-order valence-corrected chi connectivity index (χ0v) is 10.4. The Morgan fingerprint density at radius 2 is 1.89 bits per heavy atom. The average Bonchev–Trinajstić information content (AvgIpc) is 2.36. The van der Waals surface area contributed by atoms with Crippen LogP contribution in [-0.2, 0) is 23.9 Å². The highest BCUT2D eigenvalue weighted by atomic mass is 16.5. The third-order valence-electron chi connectivity index (χ3n) is 2.16. The Balaban J connectivity index is 0.000000459. The summed E-state index contributed by atoms with van der Waals surface area (Å²) in [4.78, 5) is 41.8. The molecule has 9 heteroatoms. The molecule has 0 aliphatic carbocycles. The van der Waals surface area contributed by atoms with Gasteiger partial charge >= 0.3 is 17.9 Å². The van der Waals surface area contributed by atoms with Crippen LogP contribution in [0.5, 0.6) is 0 Å². The van der Waals surface area contributed by atoms with Crippen LogP contribution in [0.2, 0.25) is 0 Å². The molecule has 1 fully saturated rings. The van der Waals surface area contributed by atoms with E-state index in [2.05, 4.69) is 10.1 Å². The zero-order valence-electron chi connectivity index (χ0n) is 10.4. The van der Waals surface area contributed by atoms with Crippen LogP contribution < -0.4 is 5.32 Å². The normalized spacial score (nSPS) is 14.7. The number of hydrogen-bond acceptors (Lipinski definition) is 6. The van der Waals surface area contributed by atoms with Crippen LogP contribution in [0.1, 0.15) is 6.42 Å². The van der Waals surface area contributed by atoms with Crippen LogP contribution >= 0.6 is 0 Å². The van der Waals surface area contributed by atoms with Crippen LogP contribution in [0.4, 0.5) is 0 Å². The van der Waals surface area contributed by atoms with Crippen molar-refractivity contribution in [2.45, 2.75) is 6.42 Å². The van der Waals surface area contributed by atoms with Crippen molar-refractivity contribution in [3.8, 4) is 0 Å². The lowest BCUT2D eigenvalue weighted by atomic mass is 10.3. The molecule has 1 rings (SSSR count). The van der Waals surface area contributed by atoms with E-state index in [1.807, 2.05) is 4.90 Å². The first-order valence-electron chi connectivity index (χ1n) is 5.39. The van der Waals surface area contributed by atoms with Crippen LogP contribution in [0.3, 0.4) is 0 Å². The summed E-state index contributed by atoms with van der Waals surface area (Å²) in [5, 5.41) is 17.5. The highest BCUT2D eigenvalue weighted by Crippen LogP contribution is 1.96. The standard InChI is InChI=1S/C8H14N2O3.C2H2O4/c1-13-8(12)2-4-10-5-3-9-7(11)6-10;3-1(4)2(5)6/h2-6H2,1H3,(H,9,11);(H,3,4)(H,5,6). The van der Waals surface area contributed by atoms with E-state index in [-0.39, 0.29) is 11.9 Å². The molecule has 0 aromatic heterocycles.